The minimum Gasteiger partial charge on any atom is -0.508 e. The highest BCUT2D eigenvalue weighted by Crippen LogP contribution is 2.38. The summed E-state index contributed by atoms with van der Waals surface area (Å²) in [5.74, 6) is -0.711. The van der Waals surface area contributed by atoms with Crippen LogP contribution in [0.5, 0.6) is 11.5 Å². The molecule has 0 spiro atoms. The Morgan fingerprint density at radius 3 is 2.33 bits per heavy atom. The molecule has 3 N–H and O–H groups in total. The van der Waals surface area contributed by atoms with Crippen molar-refractivity contribution in [2.45, 2.75) is 77.5 Å². The predicted octanol–water partition coefficient (Wildman–Crippen LogP) is 5.31. The van der Waals surface area contributed by atoms with Gasteiger partial charge in [-0.15, -0.1) is 0 Å². The molecule has 5 nitrogen and oxygen atoms in total. The second kappa shape index (κ2) is 10.5. The first-order valence-electron chi connectivity index (χ1n) is 9.41. The lowest BCUT2D eigenvalue weighted by molar-refractivity contribution is 0.419. The normalized spacial score (nSPS) is 12.3. The van der Waals surface area contributed by atoms with E-state index in [1.165, 1.54) is 11.6 Å². The molecule has 0 amide bonds. The monoisotopic (exact) mass is 396 g/mol. The van der Waals surface area contributed by atoms with Crippen molar-refractivity contribution in [1.82, 2.24) is 0 Å². The highest BCUT2D eigenvalue weighted by Gasteiger charge is 2.25. The van der Waals surface area contributed by atoms with Crippen LogP contribution in [0.15, 0.2) is 34.3 Å². The van der Waals surface area contributed by atoms with E-state index < -0.39 is 20.8 Å². The van der Waals surface area contributed by atoms with Crippen LogP contribution in [0.25, 0.3) is 0 Å². The topological polar surface area (TPSA) is 94.8 Å². The van der Waals surface area contributed by atoms with Gasteiger partial charge in [0.05, 0.1) is 0 Å². The van der Waals surface area contributed by atoms with Crippen LogP contribution in [0.4, 0.5) is 0 Å². The van der Waals surface area contributed by atoms with Gasteiger partial charge in [0.15, 0.2) is 0 Å². The first-order valence-corrected chi connectivity index (χ1v) is 10.8. The largest absolute Gasteiger partial charge is 0.508 e. The number of rotatable bonds is 10. The van der Waals surface area contributed by atoms with E-state index in [0.717, 1.165) is 31.3 Å². The van der Waals surface area contributed by atoms with E-state index in [2.05, 4.69) is 6.08 Å². The van der Waals surface area contributed by atoms with E-state index in [1.807, 2.05) is 33.8 Å². The zero-order valence-electron chi connectivity index (χ0n) is 16.7. The molecule has 0 saturated carbocycles. The maximum atomic E-state index is 11.8. The van der Waals surface area contributed by atoms with Gasteiger partial charge in [0.1, 0.15) is 16.4 Å². The molecule has 1 aromatic rings. The van der Waals surface area contributed by atoms with E-state index in [-0.39, 0.29) is 23.3 Å². The van der Waals surface area contributed by atoms with Crippen molar-refractivity contribution in [3.8, 4) is 11.5 Å². The summed E-state index contributed by atoms with van der Waals surface area (Å²) >= 11 is 0. The summed E-state index contributed by atoms with van der Waals surface area (Å²) in [6.07, 6.45) is 8.84. The van der Waals surface area contributed by atoms with Gasteiger partial charge in [-0.05, 0) is 64.5 Å². The molecule has 0 aliphatic carbocycles. The fourth-order valence-corrected chi connectivity index (χ4v) is 3.80. The Labute approximate surface area is 163 Å². The Hall–Kier alpha value is -1.79. The number of phenols is 2. The van der Waals surface area contributed by atoms with Crippen LogP contribution < -0.4 is 0 Å². The minimum absolute atomic E-state index is 0.114. The molecule has 0 bridgehead atoms. The molecule has 1 rings (SSSR count). The van der Waals surface area contributed by atoms with Crippen LogP contribution in [-0.2, 0) is 23.0 Å². The van der Waals surface area contributed by atoms with E-state index in [9.17, 15) is 23.2 Å². The molecule has 0 aliphatic heterocycles. The van der Waals surface area contributed by atoms with Gasteiger partial charge in [0.25, 0.3) is 10.1 Å². The molecular formula is C21H32O5S. The van der Waals surface area contributed by atoms with Crippen molar-refractivity contribution >= 4 is 10.1 Å². The number of hydrogen-bond donors (Lipinski definition) is 3. The third-order valence-electron chi connectivity index (χ3n) is 4.47. The van der Waals surface area contributed by atoms with Gasteiger partial charge in [-0.25, -0.2) is 0 Å². The number of aromatic hydroxyl groups is 2. The molecule has 0 unspecified atom stereocenters. The standard InChI is InChI=1S/C21H32O5S/c1-5-6-7-11-17-14-19(22)18(20(23)21(17)27(24,25)26)13-12-16(4)10-8-9-15(2)3/h9,12,14,22-23H,5-8,10-11,13H2,1-4H3,(H,24,25,26). The number of hydrogen-bond acceptors (Lipinski definition) is 4. The lowest BCUT2D eigenvalue weighted by Crippen LogP contribution is -2.06. The van der Waals surface area contributed by atoms with Crippen LogP contribution in [-0.4, -0.2) is 23.2 Å². The second-order valence-corrected chi connectivity index (χ2v) is 8.58. The summed E-state index contributed by atoms with van der Waals surface area (Å²) < 4.78 is 33.2. The first-order chi connectivity index (χ1) is 12.6. The lowest BCUT2D eigenvalue weighted by atomic mass is 10.00. The van der Waals surface area contributed by atoms with Crippen molar-refractivity contribution in [2.24, 2.45) is 0 Å². The SMILES string of the molecule is CCCCCc1cc(O)c(CC=C(C)CCC=C(C)C)c(O)c1S(=O)(=O)O. The first kappa shape index (κ1) is 23.2. The molecule has 0 aliphatic rings. The van der Waals surface area contributed by atoms with Crippen LogP contribution >= 0.6 is 0 Å². The summed E-state index contributed by atoms with van der Waals surface area (Å²) in [6, 6.07) is 1.35. The van der Waals surface area contributed by atoms with Gasteiger partial charge in [-0.3, -0.25) is 4.55 Å². The fourth-order valence-electron chi connectivity index (χ4n) is 2.94. The molecule has 0 atom stereocenters. The van der Waals surface area contributed by atoms with Crippen LogP contribution in [0.1, 0.15) is 70.9 Å². The molecule has 152 valence electrons. The molecule has 0 aromatic heterocycles. The predicted molar refractivity (Wildman–Crippen MR) is 109 cm³/mol. The molecule has 6 heteroatoms. The maximum absolute atomic E-state index is 11.8. The van der Waals surface area contributed by atoms with E-state index >= 15 is 0 Å². The number of benzene rings is 1. The van der Waals surface area contributed by atoms with Gasteiger partial charge in [0.2, 0.25) is 0 Å². The van der Waals surface area contributed by atoms with Gasteiger partial charge in [0, 0.05) is 5.56 Å². The number of phenolic OH excluding ortho intramolecular Hbond substituents is 2. The summed E-state index contributed by atoms with van der Waals surface area (Å²) in [4.78, 5) is -0.484. The quantitative estimate of drug-likeness (QED) is 0.283. The van der Waals surface area contributed by atoms with Crippen molar-refractivity contribution in [2.75, 3.05) is 0 Å². The smallest absolute Gasteiger partial charge is 0.298 e. The van der Waals surface area contributed by atoms with Crippen LogP contribution in [0.2, 0.25) is 0 Å². The zero-order valence-corrected chi connectivity index (χ0v) is 17.6. The van der Waals surface area contributed by atoms with Crippen molar-refractivity contribution < 1.29 is 23.2 Å². The van der Waals surface area contributed by atoms with Gasteiger partial charge < -0.3 is 10.2 Å². The third-order valence-corrected chi connectivity index (χ3v) is 5.44. The summed E-state index contributed by atoms with van der Waals surface area (Å²) in [5, 5.41) is 20.8. The Balaban J connectivity index is 3.16. The number of aryl methyl sites for hydroxylation is 1. The maximum Gasteiger partial charge on any atom is 0.298 e. The minimum atomic E-state index is -4.59. The fraction of sp³-hybridized carbons (Fsp3) is 0.524. The Morgan fingerprint density at radius 2 is 1.78 bits per heavy atom. The average molecular weight is 397 g/mol. The van der Waals surface area contributed by atoms with E-state index in [1.54, 1.807) is 0 Å². The molecule has 0 heterocycles. The number of unbranched alkanes of at least 4 members (excludes halogenated alkanes) is 2. The van der Waals surface area contributed by atoms with Crippen LogP contribution in [0, 0.1) is 0 Å². The lowest BCUT2D eigenvalue weighted by Gasteiger charge is -2.14. The Bertz CT molecular complexity index is 800. The number of allylic oxidation sites excluding steroid dienone is 4. The molecular weight excluding hydrogens is 364 g/mol. The average Bonchev–Trinajstić information content (AvgIpc) is 2.52. The van der Waals surface area contributed by atoms with Gasteiger partial charge >= 0.3 is 0 Å². The van der Waals surface area contributed by atoms with Gasteiger partial charge in [-0.2, -0.15) is 8.42 Å². The molecule has 0 radical (unpaired) electrons. The molecule has 27 heavy (non-hydrogen) atoms. The van der Waals surface area contributed by atoms with Crippen molar-refractivity contribution in [1.29, 1.82) is 0 Å². The molecule has 0 saturated heterocycles. The summed E-state index contributed by atoms with van der Waals surface area (Å²) in [7, 11) is -4.59. The van der Waals surface area contributed by atoms with Crippen molar-refractivity contribution in [3.63, 3.8) is 0 Å². The highest BCUT2D eigenvalue weighted by atomic mass is 32.2. The van der Waals surface area contributed by atoms with E-state index in [0.29, 0.717) is 12.8 Å². The molecule has 0 fully saturated rings. The zero-order chi connectivity index (χ0) is 20.6. The Kier molecular flexibility index (Phi) is 9.06. The highest BCUT2D eigenvalue weighted by molar-refractivity contribution is 7.86. The second-order valence-electron chi connectivity index (χ2n) is 7.22. The summed E-state index contributed by atoms with van der Waals surface area (Å²) in [5.41, 5.74) is 2.68. The van der Waals surface area contributed by atoms with E-state index in [4.69, 9.17) is 0 Å². The summed E-state index contributed by atoms with van der Waals surface area (Å²) in [6.45, 7) is 8.05. The molecule has 1 aromatic carbocycles. The third kappa shape index (κ3) is 7.39. The van der Waals surface area contributed by atoms with Crippen molar-refractivity contribution in [3.05, 3.63) is 40.5 Å². The Morgan fingerprint density at radius 1 is 1.11 bits per heavy atom. The van der Waals surface area contributed by atoms with Crippen LogP contribution in [0.3, 0.4) is 0 Å². The van der Waals surface area contributed by atoms with Gasteiger partial charge in [-0.1, -0.05) is 43.1 Å².